The smallest absolute Gasteiger partial charge is 0.252 e. The van der Waals surface area contributed by atoms with Gasteiger partial charge in [0.05, 0.1) is 16.5 Å². The molecule has 7 heteroatoms. The van der Waals surface area contributed by atoms with Crippen molar-refractivity contribution in [1.82, 2.24) is 4.31 Å². The SMILES string of the molecule is CC(C)OCCN(C)S(=O)(=O)c1ccc(Br)s1. The molecule has 0 fully saturated rings. The van der Waals surface area contributed by atoms with E-state index in [1.54, 1.807) is 19.2 Å². The average molecular weight is 342 g/mol. The maximum atomic E-state index is 12.1. The summed E-state index contributed by atoms with van der Waals surface area (Å²) in [6, 6.07) is 3.33. The molecule has 0 aromatic carbocycles. The molecule has 0 spiro atoms. The minimum Gasteiger partial charge on any atom is -0.377 e. The Bertz CT molecular complexity index is 456. The molecule has 1 aromatic heterocycles. The average Bonchev–Trinajstić information content (AvgIpc) is 2.64. The van der Waals surface area contributed by atoms with Gasteiger partial charge in [0.1, 0.15) is 4.21 Å². The van der Waals surface area contributed by atoms with E-state index >= 15 is 0 Å². The van der Waals surface area contributed by atoms with Crippen LogP contribution in [-0.4, -0.2) is 39.0 Å². The molecule has 0 aliphatic carbocycles. The molecule has 0 aliphatic heterocycles. The van der Waals surface area contributed by atoms with Crippen LogP contribution in [0.5, 0.6) is 0 Å². The number of halogens is 1. The van der Waals surface area contributed by atoms with Crippen LogP contribution >= 0.6 is 27.3 Å². The quantitative estimate of drug-likeness (QED) is 0.798. The molecule has 0 saturated heterocycles. The van der Waals surface area contributed by atoms with Gasteiger partial charge in [-0.3, -0.25) is 0 Å². The Hall–Kier alpha value is 0.0500. The lowest BCUT2D eigenvalue weighted by Gasteiger charge is -2.16. The van der Waals surface area contributed by atoms with Crippen molar-refractivity contribution in [1.29, 1.82) is 0 Å². The van der Waals surface area contributed by atoms with E-state index in [9.17, 15) is 8.42 Å². The zero-order valence-corrected chi connectivity index (χ0v) is 13.2. The predicted octanol–water partition coefficient (Wildman–Crippen LogP) is 2.56. The number of hydrogen-bond acceptors (Lipinski definition) is 4. The number of sulfonamides is 1. The molecule has 0 bridgehead atoms. The summed E-state index contributed by atoms with van der Waals surface area (Å²) in [5.74, 6) is 0. The first-order chi connectivity index (χ1) is 7.84. The number of rotatable bonds is 6. The second-order valence-electron chi connectivity index (χ2n) is 3.80. The van der Waals surface area contributed by atoms with Crippen LogP contribution in [0, 0.1) is 0 Å². The Morgan fingerprint density at radius 2 is 2.12 bits per heavy atom. The first-order valence-corrected chi connectivity index (χ1v) is 8.22. The van der Waals surface area contributed by atoms with E-state index in [1.807, 2.05) is 13.8 Å². The lowest BCUT2D eigenvalue weighted by atomic mass is 10.5. The molecule has 0 saturated carbocycles. The van der Waals surface area contributed by atoms with Gasteiger partial charge in [0.15, 0.2) is 0 Å². The summed E-state index contributed by atoms with van der Waals surface area (Å²) in [6.45, 7) is 4.60. The van der Waals surface area contributed by atoms with Gasteiger partial charge in [-0.25, -0.2) is 8.42 Å². The van der Waals surface area contributed by atoms with E-state index in [-0.39, 0.29) is 6.10 Å². The highest BCUT2D eigenvalue weighted by atomic mass is 79.9. The van der Waals surface area contributed by atoms with Gasteiger partial charge in [-0.15, -0.1) is 11.3 Å². The normalized spacial score (nSPS) is 12.6. The number of nitrogens with zero attached hydrogens (tertiary/aromatic N) is 1. The van der Waals surface area contributed by atoms with Crippen LogP contribution in [0.15, 0.2) is 20.1 Å². The Morgan fingerprint density at radius 3 is 2.59 bits per heavy atom. The number of likely N-dealkylation sites (N-methyl/N-ethyl adjacent to an activating group) is 1. The molecule has 4 nitrogen and oxygen atoms in total. The Morgan fingerprint density at radius 1 is 1.47 bits per heavy atom. The lowest BCUT2D eigenvalue weighted by Crippen LogP contribution is -2.30. The van der Waals surface area contributed by atoms with Crippen molar-refractivity contribution in [3.8, 4) is 0 Å². The highest BCUT2D eigenvalue weighted by Crippen LogP contribution is 2.27. The maximum Gasteiger partial charge on any atom is 0.252 e. The number of ether oxygens (including phenoxy) is 1. The molecule has 0 radical (unpaired) electrons. The monoisotopic (exact) mass is 341 g/mol. The molecular formula is C10H16BrNO3S2. The summed E-state index contributed by atoms with van der Waals surface area (Å²) in [7, 11) is -1.81. The zero-order valence-electron chi connectivity index (χ0n) is 10.0. The van der Waals surface area contributed by atoms with Crippen molar-refractivity contribution in [3.05, 3.63) is 15.9 Å². The maximum absolute atomic E-state index is 12.1. The van der Waals surface area contributed by atoms with Gasteiger partial charge in [-0.1, -0.05) is 0 Å². The molecule has 0 unspecified atom stereocenters. The van der Waals surface area contributed by atoms with Crippen LogP contribution < -0.4 is 0 Å². The van der Waals surface area contributed by atoms with Gasteiger partial charge >= 0.3 is 0 Å². The van der Waals surface area contributed by atoms with Crippen LogP contribution in [0.3, 0.4) is 0 Å². The molecule has 0 atom stereocenters. The standard InChI is InChI=1S/C10H16BrNO3S2/c1-8(2)15-7-6-12(3)17(13,14)10-5-4-9(11)16-10/h4-5,8H,6-7H2,1-3H3. The van der Waals surface area contributed by atoms with Crippen molar-refractivity contribution < 1.29 is 13.2 Å². The summed E-state index contributed by atoms with van der Waals surface area (Å²) in [5.41, 5.74) is 0. The van der Waals surface area contributed by atoms with Crippen LogP contribution in [0.2, 0.25) is 0 Å². The van der Waals surface area contributed by atoms with Gasteiger partial charge in [-0.2, -0.15) is 4.31 Å². The van der Waals surface area contributed by atoms with E-state index in [2.05, 4.69) is 15.9 Å². The fourth-order valence-electron chi connectivity index (χ4n) is 1.13. The van der Waals surface area contributed by atoms with E-state index in [1.165, 1.54) is 15.6 Å². The third-order valence-corrected chi connectivity index (χ3v) is 6.02. The van der Waals surface area contributed by atoms with Gasteiger partial charge < -0.3 is 4.74 Å². The summed E-state index contributed by atoms with van der Waals surface area (Å²) in [4.78, 5) is 0. The summed E-state index contributed by atoms with van der Waals surface area (Å²) in [6.07, 6.45) is 0.113. The van der Waals surface area contributed by atoms with Crippen LogP contribution in [0.25, 0.3) is 0 Å². The Balaban J connectivity index is 2.64. The first-order valence-electron chi connectivity index (χ1n) is 5.17. The van der Waals surface area contributed by atoms with E-state index in [4.69, 9.17) is 4.74 Å². The van der Waals surface area contributed by atoms with Crippen molar-refractivity contribution in [2.45, 2.75) is 24.2 Å². The van der Waals surface area contributed by atoms with E-state index in [0.717, 1.165) is 3.79 Å². The van der Waals surface area contributed by atoms with Gasteiger partial charge in [-0.05, 0) is 41.9 Å². The van der Waals surface area contributed by atoms with E-state index in [0.29, 0.717) is 17.4 Å². The third kappa shape index (κ3) is 4.33. The van der Waals surface area contributed by atoms with Crippen LogP contribution in [0.4, 0.5) is 0 Å². The van der Waals surface area contributed by atoms with Crippen molar-refractivity contribution >= 4 is 37.3 Å². The lowest BCUT2D eigenvalue weighted by molar-refractivity contribution is 0.0737. The fourth-order valence-corrected chi connectivity index (χ4v) is 4.50. The summed E-state index contributed by atoms with van der Waals surface area (Å²) >= 11 is 4.47. The molecule has 1 aromatic rings. The minimum absolute atomic E-state index is 0.113. The number of hydrogen-bond donors (Lipinski definition) is 0. The Kier molecular flexibility index (Phi) is 5.59. The topological polar surface area (TPSA) is 46.6 Å². The molecule has 1 rings (SSSR count). The molecule has 1 heterocycles. The van der Waals surface area contributed by atoms with Gasteiger partial charge in [0, 0.05) is 13.6 Å². The largest absolute Gasteiger partial charge is 0.377 e. The molecule has 0 aliphatic rings. The van der Waals surface area contributed by atoms with E-state index < -0.39 is 10.0 Å². The number of thiophene rings is 1. The van der Waals surface area contributed by atoms with Gasteiger partial charge in [0.2, 0.25) is 0 Å². The van der Waals surface area contributed by atoms with Crippen LogP contribution in [0.1, 0.15) is 13.8 Å². The Labute approximate surface area is 115 Å². The van der Waals surface area contributed by atoms with Crippen molar-refractivity contribution in [2.24, 2.45) is 0 Å². The molecule has 0 amide bonds. The first kappa shape index (κ1) is 15.1. The van der Waals surface area contributed by atoms with Crippen molar-refractivity contribution in [3.63, 3.8) is 0 Å². The molecule has 0 N–H and O–H groups in total. The highest BCUT2D eigenvalue weighted by molar-refractivity contribution is 9.11. The molecule has 17 heavy (non-hydrogen) atoms. The van der Waals surface area contributed by atoms with Crippen molar-refractivity contribution in [2.75, 3.05) is 20.2 Å². The predicted molar refractivity (Wildman–Crippen MR) is 72.9 cm³/mol. The summed E-state index contributed by atoms with van der Waals surface area (Å²) in [5, 5.41) is 0. The zero-order chi connectivity index (χ0) is 13.1. The minimum atomic E-state index is -3.37. The fraction of sp³-hybridized carbons (Fsp3) is 0.600. The molecular weight excluding hydrogens is 326 g/mol. The molecule has 98 valence electrons. The third-order valence-electron chi connectivity index (χ3n) is 2.07. The van der Waals surface area contributed by atoms with Gasteiger partial charge in [0.25, 0.3) is 10.0 Å². The van der Waals surface area contributed by atoms with Crippen LogP contribution in [-0.2, 0) is 14.8 Å². The highest BCUT2D eigenvalue weighted by Gasteiger charge is 2.22. The second-order valence-corrected chi connectivity index (χ2v) is 8.54. The second kappa shape index (κ2) is 6.29. The summed E-state index contributed by atoms with van der Waals surface area (Å²) < 4.78 is 32.0.